The number of amides is 1. The van der Waals surface area contributed by atoms with Crippen LogP contribution >= 0.6 is 11.6 Å². The first-order valence-electron chi connectivity index (χ1n) is 8.41. The first-order valence-corrected chi connectivity index (χ1v) is 8.79. The van der Waals surface area contributed by atoms with E-state index in [0.717, 1.165) is 28.9 Å². The van der Waals surface area contributed by atoms with E-state index in [1.54, 1.807) is 19.4 Å². The highest BCUT2D eigenvalue weighted by Crippen LogP contribution is 2.30. The van der Waals surface area contributed by atoms with Gasteiger partial charge in [0, 0.05) is 37.6 Å². The molecule has 0 aliphatic carbocycles. The summed E-state index contributed by atoms with van der Waals surface area (Å²) in [5, 5.41) is 8.81. The summed E-state index contributed by atoms with van der Waals surface area (Å²) in [6.45, 7) is 5.22. The molecule has 0 spiro atoms. The van der Waals surface area contributed by atoms with Crippen molar-refractivity contribution in [2.45, 2.75) is 33.0 Å². The molecule has 0 radical (unpaired) electrons. The second kappa shape index (κ2) is 6.25. The van der Waals surface area contributed by atoms with Gasteiger partial charge in [0.15, 0.2) is 0 Å². The van der Waals surface area contributed by atoms with Gasteiger partial charge in [-0.25, -0.2) is 4.98 Å². The van der Waals surface area contributed by atoms with Crippen LogP contribution in [0.1, 0.15) is 28.7 Å². The molecule has 26 heavy (non-hydrogen) atoms. The van der Waals surface area contributed by atoms with Gasteiger partial charge in [0.2, 0.25) is 0 Å². The Bertz CT molecular complexity index is 991. The van der Waals surface area contributed by atoms with Gasteiger partial charge < -0.3 is 9.47 Å². The molecule has 1 unspecified atom stereocenters. The fourth-order valence-corrected chi connectivity index (χ4v) is 3.55. The lowest BCUT2D eigenvalue weighted by Crippen LogP contribution is -2.45. The first-order chi connectivity index (χ1) is 12.4. The van der Waals surface area contributed by atoms with Crippen LogP contribution < -0.4 is 0 Å². The van der Waals surface area contributed by atoms with Crippen LogP contribution in [0.25, 0.3) is 11.1 Å². The molecular weight excluding hydrogens is 352 g/mol. The zero-order valence-electron chi connectivity index (χ0n) is 14.8. The zero-order chi connectivity index (χ0) is 18.4. The molecule has 0 aromatic carbocycles. The Morgan fingerprint density at radius 1 is 1.31 bits per heavy atom. The Morgan fingerprint density at radius 2 is 2.12 bits per heavy atom. The van der Waals surface area contributed by atoms with Gasteiger partial charge in [-0.15, -0.1) is 0 Å². The van der Waals surface area contributed by atoms with Crippen LogP contribution in [-0.4, -0.2) is 41.4 Å². The van der Waals surface area contributed by atoms with E-state index >= 15 is 0 Å². The van der Waals surface area contributed by atoms with Crippen LogP contribution in [0.4, 0.5) is 0 Å². The zero-order valence-corrected chi connectivity index (χ0v) is 15.6. The van der Waals surface area contributed by atoms with Gasteiger partial charge >= 0.3 is 0 Å². The summed E-state index contributed by atoms with van der Waals surface area (Å²) < 4.78 is 2.02. The van der Waals surface area contributed by atoms with E-state index in [0.29, 0.717) is 17.4 Å². The van der Waals surface area contributed by atoms with Gasteiger partial charge in [-0.2, -0.15) is 15.0 Å². The average Bonchev–Trinajstić information content (AvgIpc) is 3.20. The predicted octanol–water partition coefficient (Wildman–Crippen LogP) is 2.68. The number of carbonyl (C=O) groups is 1. The van der Waals surface area contributed by atoms with E-state index in [1.807, 2.05) is 41.6 Å². The fraction of sp³-hybridized carbons (Fsp3) is 0.333. The minimum absolute atomic E-state index is 0.00143. The van der Waals surface area contributed by atoms with Crippen LogP contribution in [0.15, 0.2) is 30.7 Å². The lowest BCUT2D eigenvalue weighted by molar-refractivity contribution is 0.0592. The number of hydrogen-bond acceptors (Lipinski definition) is 4. The third kappa shape index (κ3) is 2.88. The van der Waals surface area contributed by atoms with E-state index in [2.05, 4.69) is 15.2 Å². The lowest BCUT2D eigenvalue weighted by Gasteiger charge is -2.33. The van der Waals surface area contributed by atoms with E-state index in [9.17, 15) is 4.79 Å². The van der Waals surface area contributed by atoms with Crippen molar-refractivity contribution < 1.29 is 4.79 Å². The molecule has 4 rings (SSSR count). The van der Waals surface area contributed by atoms with Gasteiger partial charge in [0.1, 0.15) is 16.5 Å². The minimum atomic E-state index is -0.00143. The van der Waals surface area contributed by atoms with Gasteiger partial charge in [-0.05, 0) is 37.1 Å². The van der Waals surface area contributed by atoms with E-state index < -0.39 is 0 Å². The Kier molecular flexibility index (Phi) is 4.03. The summed E-state index contributed by atoms with van der Waals surface area (Å²) in [6.07, 6.45) is 5.46. The molecule has 0 N–H and O–H groups in total. The van der Waals surface area contributed by atoms with Crippen LogP contribution in [0, 0.1) is 6.92 Å². The van der Waals surface area contributed by atoms with Crippen molar-refractivity contribution in [2.24, 2.45) is 7.05 Å². The molecule has 8 heteroatoms. The van der Waals surface area contributed by atoms with E-state index in [1.165, 1.54) is 4.80 Å². The predicted molar refractivity (Wildman–Crippen MR) is 97.7 cm³/mol. The largest absolute Gasteiger partial charge is 0.341 e. The molecule has 0 saturated carbocycles. The molecule has 1 amide bonds. The molecule has 4 heterocycles. The summed E-state index contributed by atoms with van der Waals surface area (Å²) >= 11 is 6.05. The van der Waals surface area contributed by atoms with Crippen LogP contribution in [0.5, 0.6) is 0 Å². The van der Waals surface area contributed by atoms with Gasteiger partial charge in [0.25, 0.3) is 5.91 Å². The number of carbonyl (C=O) groups excluding carboxylic acids is 1. The molecule has 1 atom stereocenters. The highest BCUT2D eigenvalue weighted by atomic mass is 35.5. The maximum absolute atomic E-state index is 13.0. The molecule has 3 aromatic heterocycles. The second-order valence-corrected chi connectivity index (χ2v) is 7.08. The van der Waals surface area contributed by atoms with Crippen molar-refractivity contribution in [1.29, 1.82) is 0 Å². The number of rotatable bonds is 3. The maximum atomic E-state index is 13.0. The number of fused-ring (bicyclic) bond motifs is 1. The molecule has 134 valence electrons. The van der Waals surface area contributed by atoms with Gasteiger partial charge in [-0.3, -0.25) is 4.79 Å². The number of halogens is 1. The normalized spacial score (nSPS) is 16.8. The molecule has 3 aromatic rings. The average molecular weight is 371 g/mol. The number of nitrogens with zero attached hydrogens (tertiary/aromatic N) is 6. The molecule has 0 bridgehead atoms. The monoisotopic (exact) mass is 370 g/mol. The van der Waals surface area contributed by atoms with Crippen LogP contribution in [0.2, 0.25) is 5.15 Å². The summed E-state index contributed by atoms with van der Waals surface area (Å²) in [6, 6.07) is 3.83. The third-order valence-electron chi connectivity index (χ3n) is 4.73. The summed E-state index contributed by atoms with van der Waals surface area (Å²) in [7, 11) is 1.77. The number of hydrogen-bond donors (Lipinski definition) is 0. The maximum Gasteiger partial charge on any atom is 0.271 e. The van der Waals surface area contributed by atoms with Crippen molar-refractivity contribution in [3.63, 3.8) is 0 Å². The van der Waals surface area contributed by atoms with Crippen LogP contribution in [0.3, 0.4) is 0 Å². The molecular formula is C18H19ClN6O. The van der Waals surface area contributed by atoms with Crippen LogP contribution in [-0.2, 0) is 20.1 Å². The molecule has 1 aliphatic rings. The molecule has 0 fully saturated rings. The van der Waals surface area contributed by atoms with Gasteiger partial charge in [0.05, 0.1) is 12.7 Å². The summed E-state index contributed by atoms with van der Waals surface area (Å²) in [4.78, 5) is 20.5. The smallest absolute Gasteiger partial charge is 0.271 e. The molecule has 1 aliphatic heterocycles. The van der Waals surface area contributed by atoms with Crippen molar-refractivity contribution in [3.05, 3.63) is 52.8 Å². The second-order valence-electron chi connectivity index (χ2n) is 6.70. The Hall–Kier alpha value is -2.67. The fourth-order valence-electron chi connectivity index (χ4n) is 3.39. The van der Waals surface area contributed by atoms with Gasteiger partial charge in [-0.1, -0.05) is 11.6 Å². The number of pyridine rings is 1. The third-order valence-corrected chi connectivity index (χ3v) is 4.94. The topological polar surface area (TPSA) is 68.8 Å². The number of aryl methyl sites for hydroxylation is 2. The van der Waals surface area contributed by atoms with Crippen molar-refractivity contribution in [1.82, 2.24) is 29.4 Å². The standard InChI is InChI=1S/C18H19ClN6O/c1-11-6-20-17(19)5-15(11)13-4-16-18(26)25(12(2)8-24(16)9-13)10-14-7-21-23(3)22-14/h4-7,9,12H,8,10H2,1-3H3. The van der Waals surface area contributed by atoms with E-state index in [-0.39, 0.29) is 11.9 Å². The molecule has 7 nitrogen and oxygen atoms in total. The quantitative estimate of drug-likeness (QED) is 0.665. The Balaban J connectivity index is 1.68. The van der Waals surface area contributed by atoms with E-state index in [4.69, 9.17) is 11.6 Å². The lowest BCUT2D eigenvalue weighted by atomic mass is 10.1. The SMILES string of the molecule is Cc1cnc(Cl)cc1-c1cc2n(c1)CC(C)N(Cc1cnn(C)n1)C2=O. The Morgan fingerprint density at radius 3 is 2.85 bits per heavy atom. The highest BCUT2D eigenvalue weighted by molar-refractivity contribution is 6.29. The number of aromatic nitrogens is 5. The molecule has 0 saturated heterocycles. The minimum Gasteiger partial charge on any atom is -0.341 e. The Labute approximate surface area is 156 Å². The van der Waals surface area contributed by atoms with Crippen molar-refractivity contribution in [3.8, 4) is 11.1 Å². The highest BCUT2D eigenvalue weighted by Gasteiger charge is 2.31. The van der Waals surface area contributed by atoms with Crippen molar-refractivity contribution in [2.75, 3.05) is 0 Å². The van der Waals surface area contributed by atoms with Crippen molar-refractivity contribution >= 4 is 17.5 Å². The summed E-state index contributed by atoms with van der Waals surface area (Å²) in [5.41, 5.74) is 4.45. The first kappa shape index (κ1) is 16.8. The summed E-state index contributed by atoms with van der Waals surface area (Å²) in [5.74, 6) is -0.00143.